The predicted molar refractivity (Wildman–Crippen MR) is 100 cm³/mol. The zero-order chi connectivity index (χ0) is 17.1. The molecule has 0 aliphatic rings. The van der Waals surface area contributed by atoms with Crippen LogP contribution in [0.15, 0.2) is 45.0 Å². The van der Waals surface area contributed by atoms with E-state index in [0.717, 1.165) is 15.4 Å². The van der Waals surface area contributed by atoms with Gasteiger partial charge in [-0.1, -0.05) is 35.0 Å². The molecule has 0 aliphatic carbocycles. The van der Waals surface area contributed by atoms with Gasteiger partial charge >= 0.3 is 0 Å². The summed E-state index contributed by atoms with van der Waals surface area (Å²) in [6, 6.07) is 8.66. The van der Waals surface area contributed by atoms with Gasteiger partial charge < -0.3 is 4.72 Å². The Hall–Kier alpha value is -0.570. The number of nitrogens with one attached hydrogen (secondary N) is 1. The zero-order valence-corrected chi connectivity index (χ0v) is 16.2. The maximum Gasteiger partial charge on any atom is 0.122 e. The summed E-state index contributed by atoms with van der Waals surface area (Å²) in [7, 11) is -2.85. The van der Waals surface area contributed by atoms with Gasteiger partial charge in [0.05, 0.1) is 15.6 Å². The minimum atomic E-state index is -1.61. The number of aryl methyl sites for hydroxylation is 1. The van der Waals surface area contributed by atoms with Crippen LogP contribution >= 0.6 is 35.0 Å². The largest absolute Gasteiger partial charge is 0.304 e. The molecule has 0 aliphatic heterocycles. The van der Waals surface area contributed by atoms with Crippen molar-refractivity contribution in [1.29, 1.82) is 0 Å². The first kappa shape index (κ1) is 18.8. The molecule has 124 valence electrons. The van der Waals surface area contributed by atoms with Crippen molar-refractivity contribution < 1.29 is 8.42 Å². The molecule has 3 N–H and O–H groups in total. The van der Waals surface area contributed by atoms with E-state index in [1.54, 1.807) is 37.3 Å². The Kier molecular flexibility index (Phi) is 6.53. The molecule has 2 atom stereocenters. The molecule has 0 fully saturated rings. The Balaban J connectivity index is 2.51. The maximum atomic E-state index is 11.7. The molecule has 0 saturated carbocycles. The highest BCUT2D eigenvalue weighted by Crippen LogP contribution is 2.40. The minimum Gasteiger partial charge on any atom is -0.304 e. The van der Waals surface area contributed by atoms with Crippen molar-refractivity contribution in [2.45, 2.75) is 21.6 Å². The molecule has 0 spiro atoms. The summed E-state index contributed by atoms with van der Waals surface area (Å²) in [5.74, 6) is 0. The Morgan fingerprint density at radius 3 is 2.39 bits per heavy atom. The van der Waals surface area contributed by atoms with Crippen molar-refractivity contribution in [3.05, 3.63) is 45.9 Å². The van der Waals surface area contributed by atoms with Crippen molar-refractivity contribution in [2.75, 3.05) is 11.0 Å². The monoisotopic (exact) mass is 408 g/mol. The highest BCUT2D eigenvalue weighted by molar-refractivity contribution is 7.99. The third kappa shape index (κ3) is 4.95. The van der Waals surface area contributed by atoms with Crippen LogP contribution in [0.25, 0.3) is 0 Å². The lowest BCUT2D eigenvalue weighted by Gasteiger charge is -2.14. The number of benzene rings is 2. The quantitative estimate of drug-likeness (QED) is 0.780. The number of nitrogens with two attached hydrogens (primary N) is 1. The Bertz CT molecular complexity index is 800. The Labute approximate surface area is 154 Å². The fraction of sp³-hybridized carbons (Fsp3) is 0.143. The summed E-state index contributed by atoms with van der Waals surface area (Å²) < 4.78 is 26.1. The average molecular weight is 409 g/mol. The van der Waals surface area contributed by atoms with E-state index in [0.29, 0.717) is 20.6 Å². The van der Waals surface area contributed by atoms with Crippen molar-refractivity contribution in [3.8, 4) is 0 Å². The molecule has 2 rings (SSSR count). The van der Waals surface area contributed by atoms with Crippen molar-refractivity contribution in [2.24, 2.45) is 5.14 Å². The van der Waals surface area contributed by atoms with Crippen LogP contribution in [0.2, 0.25) is 10.0 Å². The first-order chi connectivity index (χ1) is 10.8. The average Bonchev–Trinajstić information content (AvgIpc) is 2.43. The molecule has 0 radical (unpaired) electrons. The SMILES string of the molecule is Cc1cc(NS(C)=O)c(Sc2ccc(Cl)cc2Cl)cc1S(N)=O. The van der Waals surface area contributed by atoms with E-state index < -0.39 is 22.0 Å². The molecule has 0 aromatic heterocycles. The first-order valence-electron chi connectivity index (χ1n) is 6.31. The zero-order valence-electron chi connectivity index (χ0n) is 12.3. The summed E-state index contributed by atoms with van der Waals surface area (Å²) in [4.78, 5) is 2.02. The van der Waals surface area contributed by atoms with Crippen LogP contribution in [0.1, 0.15) is 5.56 Å². The summed E-state index contributed by atoms with van der Waals surface area (Å²) in [6.07, 6.45) is 1.54. The predicted octanol–water partition coefficient (Wildman–Crippen LogP) is 4.14. The standard InChI is InChI=1S/C14H14Cl2N2O2S3/c1-8-5-11(18-22(2)19)13(7-14(8)23(17)20)21-12-4-3-9(15)6-10(12)16/h3-7,18H,17H2,1-2H3. The lowest BCUT2D eigenvalue weighted by Crippen LogP contribution is -2.08. The summed E-state index contributed by atoms with van der Waals surface area (Å²) in [5, 5.41) is 6.56. The van der Waals surface area contributed by atoms with E-state index in [1.165, 1.54) is 18.0 Å². The van der Waals surface area contributed by atoms with Crippen molar-refractivity contribution in [1.82, 2.24) is 0 Å². The topological polar surface area (TPSA) is 72.2 Å². The number of halogens is 2. The molecule has 2 unspecified atom stereocenters. The second-order valence-corrected chi connectivity index (χ2v) is 8.72. The second-order valence-electron chi connectivity index (χ2n) is 4.64. The van der Waals surface area contributed by atoms with E-state index in [4.69, 9.17) is 28.3 Å². The lowest BCUT2D eigenvalue weighted by molar-refractivity contribution is 0.683. The summed E-state index contributed by atoms with van der Waals surface area (Å²) >= 11 is 13.5. The molecule has 9 heteroatoms. The fourth-order valence-electron chi connectivity index (χ4n) is 1.88. The van der Waals surface area contributed by atoms with Gasteiger partial charge in [-0.15, -0.1) is 0 Å². The van der Waals surface area contributed by atoms with Gasteiger partial charge in [0.15, 0.2) is 0 Å². The van der Waals surface area contributed by atoms with E-state index in [2.05, 4.69) is 4.72 Å². The molecular formula is C14H14Cl2N2O2S3. The van der Waals surface area contributed by atoms with Crippen LogP contribution in [0, 0.1) is 6.92 Å². The van der Waals surface area contributed by atoms with Crippen LogP contribution in [0.5, 0.6) is 0 Å². The normalized spacial score (nSPS) is 13.6. The number of hydrogen-bond donors (Lipinski definition) is 2. The molecule has 0 saturated heterocycles. The Morgan fingerprint density at radius 1 is 1.13 bits per heavy atom. The number of hydrogen-bond acceptors (Lipinski definition) is 3. The van der Waals surface area contributed by atoms with Gasteiger partial charge in [0.25, 0.3) is 0 Å². The summed E-state index contributed by atoms with van der Waals surface area (Å²) in [6.45, 7) is 1.80. The van der Waals surface area contributed by atoms with Gasteiger partial charge in [0.1, 0.15) is 22.0 Å². The van der Waals surface area contributed by atoms with E-state index >= 15 is 0 Å². The molecule has 2 aromatic rings. The lowest BCUT2D eigenvalue weighted by atomic mass is 10.2. The first-order valence-corrected chi connectivity index (χ1v) is 10.7. The molecule has 0 amide bonds. The molecule has 4 nitrogen and oxygen atoms in total. The third-order valence-electron chi connectivity index (χ3n) is 2.86. The smallest absolute Gasteiger partial charge is 0.122 e. The van der Waals surface area contributed by atoms with Crippen LogP contribution in [0.3, 0.4) is 0 Å². The highest BCUT2D eigenvalue weighted by atomic mass is 35.5. The maximum absolute atomic E-state index is 11.7. The number of anilines is 1. The van der Waals surface area contributed by atoms with Gasteiger partial charge in [0, 0.05) is 21.1 Å². The van der Waals surface area contributed by atoms with Crippen molar-refractivity contribution >= 4 is 62.6 Å². The van der Waals surface area contributed by atoms with E-state index in [1.807, 2.05) is 0 Å². The van der Waals surface area contributed by atoms with Crippen LogP contribution in [-0.2, 0) is 22.0 Å². The van der Waals surface area contributed by atoms with Gasteiger partial charge in [0.2, 0.25) is 0 Å². The van der Waals surface area contributed by atoms with E-state index in [-0.39, 0.29) is 0 Å². The number of rotatable bonds is 5. The molecule has 23 heavy (non-hydrogen) atoms. The minimum absolute atomic E-state index is 0.502. The molecule has 2 aromatic carbocycles. The van der Waals surface area contributed by atoms with Crippen LogP contribution in [-0.4, -0.2) is 14.7 Å². The third-order valence-corrected chi connectivity index (χ3v) is 6.04. The second kappa shape index (κ2) is 8.00. The van der Waals surface area contributed by atoms with Crippen LogP contribution in [0.4, 0.5) is 5.69 Å². The van der Waals surface area contributed by atoms with Gasteiger partial charge in [-0.05, 0) is 42.8 Å². The highest BCUT2D eigenvalue weighted by Gasteiger charge is 2.14. The molecule has 0 heterocycles. The fourth-order valence-corrected chi connectivity index (χ4v) is 4.56. The van der Waals surface area contributed by atoms with Gasteiger partial charge in [-0.25, -0.2) is 13.6 Å². The summed E-state index contributed by atoms with van der Waals surface area (Å²) in [5.41, 5.74) is 1.42. The van der Waals surface area contributed by atoms with E-state index in [9.17, 15) is 8.42 Å². The van der Waals surface area contributed by atoms with Crippen LogP contribution < -0.4 is 9.86 Å². The Morgan fingerprint density at radius 2 is 1.83 bits per heavy atom. The van der Waals surface area contributed by atoms with Gasteiger partial charge in [-0.3, -0.25) is 0 Å². The van der Waals surface area contributed by atoms with Gasteiger partial charge in [-0.2, -0.15) is 0 Å². The van der Waals surface area contributed by atoms with Crippen molar-refractivity contribution in [3.63, 3.8) is 0 Å². The molecular weight excluding hydrogens is 395 g/mol. The molecule has 0 bridgehead atoms.